The molecule has 1 aromatic rings. The van der Waals surface area contributed by atoms with Crippen molar-refractivity contribution in [3.63, 3.8) is 0 Å². The summed E-state index contributed by atoms with van der Waals surface area (Å²) in [5.41, 5.74) is 0.621. The molecule has 1 fully saturated rings. The zero-order valence-corrected chi connectivity index (χ0v) is 8.56. The molecule has 1 heterocycles. The standard InChI is InChI=1S/C10H13N3O2/c1-2-15-10-11-5-8(6-12-10)13-9(14)7-3-4-7/h5-7H,2-4H2,1H3,(H,13,14). The average Bonchev–Trinajstić information content (AvgIpc) is 3.04. The van der Waals surface area contributed by atoms with Crippen molar-refractivity contribution in [1.82, 2.24) is 9.97 Å². The molecule has 1 aliphatic rings. The smallest absolute Gasteiger partial charge is 0.316 e. The van der Waals surface area contributed by atoms with Gasteiger partial charge in [-0.25, -0.2) is 9.97 Å². The van der Waals surface area contributed by atoms with E-state index in [-0.39, 0.29) is 11.8 Å². The largest absolute Gasteiger partial charge is 0.464 e. The lowest BCUT2D eigenvalue weighted by Crippen LogP contribution is -2.13. The number of aromatic nitrogens is 2. The first-order chi connectivity index (χ1) is 7.29. The van der Waals surface area contributed by atoms with E-state index in [2.05, 4.69) is 15.3 Å². The lowest BCUT2D eigenvalue weighted by atomic mass is 10.4. The van der Waals surface area contributed by atoms with Crippen LogP contribution in [0.5, 0.6) is 6.01 Å². The summed E-state index contributed by atoms with van der Waals surface area (Å²) < 4.78 is 5.09. The molecule has 0 spiro atoms. The van der Waals surface area contributed by atoms with Gasteiger partial charge in [-0.15, -0.1) is 0 Å². The first-order valence-corrected chi connectivity index (χ1v) is 5.05. The molecule has 0 atom stereocenters. The molecule has 1 N–H and O–H groups in total. The minimum absolute atomic E-state index is 0.0581. The SMILES string of the molecule is CCOc1ncc(NC(=O)C2CC2)cn1. The van der Waals surface area contributed by atoms with Crippen LogP contribution in [0.1, 0.15) is 19.8 Å². The van der Waals surface area contributed by atoms with E-state index in [4.69, 9.17) is 4.74 Å². The van der Waals surface area contributed by atoms with Crippen LogP contribution in [0.25, 0.3) is 0 Å². The summed E-state index contributed by atoms with van der Waals surface area (Å²) in [6.45, 7) is 2.40. The molecule has 0 aliphatic heterocycles. The van der Waals surface area contributed by atoms with Crippen molar-refractivity contribution < 1.29 is 9.53 Å². The summed E-state index contributed by atoms with van der Waals surface area (Å²) in [6.07, 6.45) is 5.09. The Bertz CT molecular complexity index is 346. The fraction of sp³-hybridized carbons (Fsp3) is 0.500. The maximum absolute atomic E-state index is 11.4. The number of carbonyl (C=O) groups is 1. The Morgan fingerprint density at radius 3 is 2.73 bits per heavy atom. The molecule has 0 bridgehead atoms. The van der Waals surface area contributed by atoms with Crippen LogP contribution in [0.4, 0.5) is 5.69 Å². The number of carbonyl (C=O) groups excluding carboxylic acids is 1. The van der Waals surface area contributed by atoms with Crippen LogP contribution in [0.2, 0.25) is 0 Å². The molecule has 15 heavy (non-hydrogen) atoms. The van der Waals surface area contributed by atoms with Crippen molar-refractivity contribution in [2.75, 3.05) is 11.9 Å². The van der Waals surface area contributed by atoms with Crippen molar-refractivity contribution in [1.29, 1.82) is 0 Å². The van der Waals surface area contributed by atoms with Gasteiger partial charge in [-0.1, -0.05) is 0 Å². The van der Waals surface area contributed by atoms with E-state index in [1.807, 2.05) is 6.92 Å². The molecule has 0 saturated heterocycles. The highest BCUT2D eigenvalue weighted by atomic mass is 16.5. The quantitative estimate of drug-likeness (QED) is 0.806. The Morgan fingerprint density at radius 2 is 2.20 bits per heavy atom. The lowest BCUT2D eigenvalue weighted by Gasteiger charge is -2.04. The molecular weight excluding hydrogens is 194 g/mol. The van der Waals surface area contributed by atoms with E-state index >= 15 is 0 Å². The van der Waals surface area contributed by atoms with Gasteiger partial charge < -0.3 is 10.1 Å². The third-order valence-corrected chi connectivity index (χ3v) is 2.12. The third kappa shape index (κ3) is 2.65. The number of hydrogen-bond acceptors (Lipinski definition) is 4. The number of nitrogens with zero attached hydrogens (tertiary/aromatic N) is 2. The summed E-state index contributed by atoms with van der Waals surface area (Å²) >= 11 is 0. The minimum atomic E-state index is 0.0581. The zero-order chi connectivity index (χ0) is 10.7. The van der Waals surface area contributed by atoms with Crippen molar-refractivity contribution in [2.45, 2.75) is 19.8 Å². The average molecular weight is 207 g/mol. The predicted molar refractivity (Wildman–Crippen MR) is 54.6 cm³/mol. The van der Waals surface area contributed by atoms with Gasteiger partial charge in [0.15, 0.2) is 0 Å². The van der Waals surface area contributed by atoms with Crippen LogP contribution in [-0.4, -0.2) is 22.5 Å². The maximum Gasteiger partial charge on any atom is 0.316 e. The van der Waals surface area contributed by atoms with Crippen LogP contribution in [0.15, 0.2) is 12.4 Å². The summed E-state index contributed by atoms with van der Waals surface area (Å²) in [7, 11) is 0. The molecule has 1 aromatic heterocycles. The highest BCUT2D eigenvalue weighted by Crippen LogP contribution is 2.29. The summed E-state index contributed by atoms with van der Waals surface area (Å²) in [5, 5.41) is 2.75. The zero-order valence-electron chi connectivity index (χ0n) is 8.56. The molecule has 0 unspecified atom stereocenters. The fourth-order valence-electron chi connectivity index (χ4n) is 1.17. The summed E-state index contributed by atoms with van der Waals surface area (Å²) in [4.78, 5) is 19.3. The fourth-order valence-corrected chi connectivity index (χ4v) is 1.17. The third-order valence-electron chi connectivity index (χ3n) is 2.12. The normalized spacial score (nSPS) is 14.7. The Morgan fingerprint density at radius 1 is 1.53 bits per heavy atom. The van der Waals surface area contributed by atoms with Gasteiger partial charge >= 0.3 is 6.01 Å². The highest BCUT2D eigenvalue weighted by Gasteiger charge is 2.29. The van der Waals surface area contributed by atoms with Gasteiger partial charge in [0.2, 0.25) is 5.91 Å². The Balaban J connectivity index is 1.94. The molecule has 0 aromatic carbocycles. The van der Waals surface area contributed by atoms with Gasteiger partial charge in [-0.05, 0) is 19.8 Å². The van der Waals surface area contributed by atoms with E-state index in [1.165, 1.54) is 0 Å². The topological polar surface area (TPSA) is 64.1 Å². The van der Waals surface area contributed by atoms with Crippen LogP contribution in [0.3, 0.4) is 0 Å². The number of rotatable bonds is 4. The Hall–Kier alpha value is -1.65. The Labute approximate surface area is 87.9 Å². The van der Waals surface area contributed by atoms with Crippen molar-refractivity contribution >= 4 is 11.6 Å². The van der Waals surface area contributed by atoms with E-state index < -0.39 is 0 Å². The van der Waals surface area contributed by atoms with E-state index in [0.717, 1.165) is 12.8 Å². The second-order valence-electron chi connectivity index (χ2n) is 3.45. The van der Waals surface area contributed by atoms with Gasteiger partial charge in [0.1, 0.15) is 0 Å². The monoisotopic (exact) mass is 207 g/mol. The molecule has 1 saturated carbocycles. The van der Waals surface area contributed by atoms with Gasteiger partial charge in [0.05, 0.1) is 24.7 Å². The molecule has 1 amide bonds. The lowest BCUT2D eigenvalue weighted by molar-refractivity contribution is -0.117. The number of hydrogen-bond donors (Lipinski definition) is 1. The van der Waals surface area contributed by atoms with Gasteiger partial charge in [0.25, 0.3) is 0 Å². The van der Waals surface area contributed by atoms with Gasteiger partial charge in [0, 0.05) is 5.92 Å². The molecule has 5 nitrogen and oxygen atoms in total. The van der Waals surface area contributed by atoms with E-state index in [1.54, 1.807) is 12.4 Å². The van der Waals surface area contributed by atoms with Crippen LogP contribution < -0.4 is 10.1 Å². The first-order valence-electron chi connectivity index (χ1n) is 5.05. The molecule has 5 heteroatoms. The summed E-state index contributed by atoms with van der Waals surface area (Å²) in [6, 6.07) is 0.335. The number of ether oxygens (including phenoxy) is 1. The van der Waals surface area contributed by atoms with Crippen molar-refractivity contribution in [2.24, 2.45) is 5.92 Å². The van der Waals surface area contributed by atoms with Gasteiger partial charge in [-0.3, -0.25) is 4.79 Å². The minimum Gasteiger partial charge on any atom is -0.464 e. The molecule has 1 aliphatic carbocycles. The molecule has 80 valence electrons. The summed E-state index contributed by atoms with van der Waals surface area (Å²) in [5.74, 6) is 0.249. The van der Waals surface area contributed by atoms with Crippen LogP contribution in [-0.2, 0) is 4.79 Å². The molecule has 0 radical (unpaired) electrons. The second kappa shape index (κ2) is 4.25. The maximum atomic E-state index is 11.4. The highest BCUT2D eigenvalue weighted by molar-refractivity contribution is 5.93. The second-order valence-corrected chi connectivity index (χ2v) is 3.45. The van der Waals surface area contributed by atoms with Gasteiger partial charge in [-0.2, -0.15) is 0 Å². The van der Waals surface area contributed by atoms with Crippen LogP contribution >= 0.6 is 0 Å². The van der Waals surface area contributed by atoms with Crippen LogP contribution in [0, 0.1) is 5.92 Å². The van der Waals surface area contributed by atoms with Crippen molar-refractivity contribution in [3.05, 3.63) is 12.4 Å². The Kier molecular flexibility index (Phi) is 2.80. The number of amides is 1. The van der Waals surface area contributed by atoms with Crippen molar-refractivity contribution in [3.8, 4) is 6.01 Å². The predicted octanol–water partition coefficient (Wildman–Crippen LogP) is 1.22. The number of nitrogens with one attached hydrogen (secondary N) is 1. The van der Waals surface area contributed by atoms with E-state index in [0.29, 0.717) is 18.3 Å². The number of anilines is 1. The first kappa shape index (κ1) is 9.89. The van der Waals surface area contributed by atoms with E-state index in [9.17, 15) is 4.79 Å². The molecular formula is C10H13N3O2. The molecule has 2 rings (SSSR count).